The van der Waals surface area contributed by atoms with E-state index < -0.39 is 0 Å². The van der Waals surface area contributed by atoms with E-state index in [0.717, 1.165) is 17.7 Å². The van der Waals surface area contributed by atoms with Crippen molar-refractivity contribution in [1.82, 2.24) is 0 Å². The molecule has 1 aliphatic rings. The molecule has 0 unspecified atom stereocenters. The Bertz CT molecular complexity index is 461. The Hall–Kier alpha value is -1.09. The second-order valence-electron chi connectivity index (χ2n) is 4.52. The molecule has 0 heterocycles. The molecule has 1 aromatic carbocycles. The van der Waals surface area contributed by atoms with Crippen molar-refractivity contribution < 1.29 is 9.59 Å². The van der Waals surface area contributed by atoms with Gasteiger partial charge in [0.25, 0.3) is 0 Å². The van der Waals surface area contributed by atoms with Crippen molar-refractivity contribution >= 4 is 23.3 Å². The van der Waals surface area contributed by atoms with Crippen molar-refractivity contribution in [3.63, 3.8) is 0 Å². The van der Waals surface area contributed by atoms with Crippen molar-refractivity contribution in [1.29, 1.82) is 0 Å². The first kappa shape index (κ1) is 12.4. The maximum absolute atomic E-state index is 11.9. The van der Waals surface area contributed by atoms with Crippen LogP contribution < -0.4 is 0 Å². The van der Waals surface area contributed by atoms with E-state index in [9.17, 15) is 9.59 Å². The lowest BCUT2D eigenvalue weighted by Crippen LogP contribution is -2.09. The smallest absolute Gasteiger partial charge is 0.170 e. The molecule has 0 aliphatic heterocycles. The molecular formula is C14H16O2S. The molecule has 0 atom stereocenters. The van der Waals surface area contributed by atoms with Crippen LogP contribution in [0, 0.1) is 12.8 Å². The van der Waals surface area contributed by atoms with Crippen LogP contribution in [0.5, 0.6) is 0 Å². The minimum atomic E-state index is -0.0443. The molecule has 1 aromatic rings. The molecule has 0 radical (unpaired) electrons. The van der Waals surface area contributed by atoms with Crippen molar-refractivity contribution in [2.75, 3.05) is 6.26 Å². The van der Waals surface area contributed by atoms with Gasteiger partial charge in [-0.3, -0.25) is 9.59 Å². The molecule has 0 bridgehead atoms. The van der Waals surface area contributed by atoms with Gasteiger partial charge in [-0.1, -0.05) is 12.1 Å². The van der Waals surface area contributed by atoms with Gasteiger partial charge in [-0.05, 0) is 37.7 Å². The SMILES string of the molecule is CSc1cc(C(=O)CC(=O)C2CC2)ccc1C. The second-order valence-corrected chi connectivity index (χ2v) is 5.37. The Morgan fingerprint density at radius 1 is 1.35 bits per heavy atom. The summed E-state index contributed by atoms with van der Waals surface area (Å²) in [7, 11) is 0. The molecule has 0 N–H and O–H groups in total. The maximum Gasteiger partial charge on any atom is 0.170 e. The van der Waals surface area contributed by atoms with Gasteiger partial charge >= 0.3 is 0 Å². The van der Waals surface area contributed by atoms with E-state index in [1.165, 1.54) is 5.56 Å². The van der Waals surface area contributed by atoms with Crippen LogP contribution in [0.3, 0.4) is 0 Å². The molecule has 3 heteroatoms. The first-order valence-corrected chi connectivity index (χ1v) is 7.05. The third-order valence-corrected chi connectivity index (χ3v) is 3.98. The fourth-order valence-corrected chi connectivity index (χ4v) is 2.44. The van der Waals surface area contributed by atoms with Gasteiger partial charge in [0.15, 0.2) is 5.78 Å². The van der Waals surface area contributed by atoms with Crippen molar-refractivity contribution in [2.24, 2.45) is 5.92 Å². The molecule has 1 fully saturated rings. The van der Waals surface area contributed by atoms with Crippen LogP contribution in [0.2, 0.25) is 0 Å². The van der Waals surface area contributed by atoms with E-state index in [4.69, 9.17) is 0 Å². The van der Waals surface area contributed by atoms with E-state index >= 15 is 0 Å². The zero-order chi connectivity index (χ0) is 12.4. The number of benzene rings is 1. The number of carbonyl (C=O) groups excluding carboxylic acids is 2. The van der Waals surface area contributed by atoms with E-state index in [2.05, 4.69) is 0 Å². The number of carbonyl (C=O) groups is 2. The van der Waals surface area contributed by atoms with Gasteiger partial charge in [-0.2, -0.15) is 0 Å². The molecule has 2 nitrogen and oxygen atoms in total. The van der Waals surface area contributed by atoms with Crippen LogP contribution in [-0.2, 0) is 4.79 Å². The highest BCUT2D eigenvalue weighted by molar-refractivity contribution is 7.98. The fraction of sp³-hybridized carbons (Fsp3) is 0.429. The first-order chi connectivity index (χ1) is 8.11. The van der Waals surface area contributed by atoms with Gasteiger partial charge in [-0.15, -0.1) is 11.8 Å². The van der Waals surface area contributed by atoms with E-state index in [1.807, 2.05) is 31.4 Å². The number of rotatable bonds is 5. The minimum Gasteiger partial charge on any atom is -0.299 e. The van der Waals surface area contributed by atoms with Crippen LogP contribution in [0.15, 0.2) is 23.1 Å². The normalized spacial score (nSPS) is 14.7. The topological polar surface area (TPSA) is 34.1 Å². The van der Waals surface area contributed by atoms with Crippen molar-refractivity contribution in [3.8, 4) is 0 Å². The summed E-state index contributed by atoms with van der Waals surface area (Å²) in [4.78, 5) is 24.6. The Morgan fingerprint density at radius 2 is 2.06 bits per heavy atom. The molecule has 0 aromatic heterocycles. The zero-order valence-electron chi connectivity index (χ0n) is 10.2. The number of hydrogen-bond acceptors (Lipinski definition) is 3. The van der Waals surface area contributed by atoms with E-state index in [0.29, 0.717) is 5.56 Å². The molecule has 90 valence electrons. The Balaban J connectivity index is 2.10. The Labute approximate surface area is 106 Å². The lowest BCUT2D eigenvalue weighted by Gasteiger charge is -2.05. The van der Waals surface area contributed by atoms with Crippen LogP contribution in [-0.4, -0.2) is 17.8 Å². The summed E-state index contributed by atoms with van der Waals surface area (Å²) in [6.07, 6.45) is 4.00. The van der Waals surface area contributed by atoms with Crippen LogP contribution in [0.25, 0.3) is 0 Å². The summed E-state index contributed by atoms with van der Waals surface area (Å²) >= 11 is 1.63. The summed E-state index contributed by atoms with van der Waals surface area (Å²) in [5, 5.41) is 0. The van der Waals surface area contributed by atoms with Gasteiger partial charge in [0.05, 0.1) is 6.42 Å². The molecule has 2 rings (SSSR count). The molecule has 0 amide bonds. The van der Waals surface area contributed by atoms with E-state index in [1.54, 1.807) is 11.8 Å². The monoisotopic (exact) mass is 248 g/mol. The van der Waals surface area contributed by atoms with Crippen LogP contribution in [0.4, 0.5) is 0 Å². The maximum atomic E-state index is 11.9. The molecule has 0 saturated heterocycles. The van der Waals surface area contributed by atoms with Gasteiger partial charge in [-0.25, -0.2) is 0 Å². The summed E-state index contributed by atoms with van der Waals surface area (Å²) in [6, 6.07) is 5.65. The summed E-state index contributed by atoms with van der Waals surface area (Å²) in [6.45, 7) is 2.02. The number of ketones is 2. The Kier molecular flexibility index (Phi) is 3.67. The summed E-state index contributed by atoms with van der Waals surface area (Å²) in [5.74, 6) is 0.239. The second kappa shape index (κ2) is 5.05. The number of aryl methyl sites for hydroxylation is 1. The predicted octanol–water partition coefficient (Wildman–Crippen LogP) is 3.27. The largest absolute Gasteiger partial charge is 0.299 e. The first-order valence-electron chi connectivity index (χ1n) is 5.82. The third kappa shape index (κ3) is 2.97. The average molecular weight is 248 g/mol. The highest BCUT2D eigenvalue weighted by Gasteiger charge is 2.30. The minimum absolute atomic E-state index is 0.0443. The zero-order valence-corrected chi connectivity index (χ0v) is 11.0. The van der Waals surface area contributed by atoms with Gasteiger partial charge < -0.3 is 0 Å². The standard InChI is InChI=1S/C14H16O2S/c1-9-3-4-11(7-14(9)17-2)13(16)8-12(15)10-5-6-10/h3-4,7,10H,5-6,8H2,1-2H3. The van der Waals surface area contributed by atoms with E-state index in [-0.39, 0.29) is 23.9 Å². The average Bonchev–Trinajstić information content (AvgIpc) is 3.13. The van der Waals surface area contributed by atoms with Gasteiger partial charge in [0.2, 0.25) is 0 Å². The van der Waals surface area contributed by atoms with Crippen LogP contribution in [0.1, 0.15) is 35.2 Å². The Morgan fingerprint density at radius 3 is 2.65 bits per heavy atom. The molecule has 1 saturated carbocycles. The summed E-state index contributed by atoms with van der Waals surface area (Å²) in [5.41, 5.74) is 1.83. The highest BCUT2D eigenvalue weighted by atomic mass is 32.2. The number of hydrogen-bond donors (Lipinski definition) is 0. The highest BCUT2D eigenvalue weighted by Crippen LogP contribution is 2.31. The van der Waals surface area contributed by atoms with Crippen molar-refractivity contribution in [3.05, 3.63) is 29.3 Å². The lowest BCUT2D eigenvalue weighted by molar-refractivity contribution is -0.119. The number of thioether (sulfide) groups is 1. The molecular weight excluding hydrogens is 232 g/mol. The number of Topliss-reactive ketones (excluding diaryl/α,β-unsaturated/α-hetero) is 2. The quantitative estimate of drug-likeness (QED) is 0.455. The fourth-order valence-electron chi connectivity index (χ4n) is 1.80. The van der Waals surface area contributed by atoms with Gasteiger partial charge in [0.1, 0.15) is 5.78 Å². The van der Waals surface area contributed by atoms with Crippen LogP contribution >= 0.6 is 11.8 Å². The molecule has 17 heavy (non-hydrogen) atoms. The van der Waals surface area contributed by atoms with Gasteiger partial charge in [0, 0.05) is 16.4 Å². The third-order valence-electron chi connectivity index (χ3n) is 3.10. The van der Waals surface area contributed by atoms with Crippen molar-refractivity contribution in [2.45, 2.75) is 31.1 Å². The summed E-state index contributed by atoms with van der Waals surface area (Å²) < 4.78 is 0. The molecule has 1 aliphatic carbocycles. The lowest BCUT2D eigenvalue weighted by atomic mass is 10.0. The molecule has 0 spiro atoms. The predicted molar refractivity (Wildman–Crippen MR) is 69.6 cm³/mol.